The van der Waals surface area contributed by atoms with E-state index in [9.17, 15) is 10.2 Å². The topological polar surface area (TPSA) is 40.5 Å². The van der Waals surface area contributed by atoms with Crippen molar-refractivity contribution in [3.63, 3.8) is 0 Å². The number of aryl methyl sites for hydroxylation is 1. The van der Waals surface area contributed by atoms with Crippen molar-refractivity contribution in [2.24, 2.45) is 5.41 Å². The summed E-state index contributed by atoms with van der Waals surface area (Å²) in [7, 11) is 0. The van der Waals surface area contributed by atoms with Gasteiger partial charge < -0.3 is 10.2 Å². The first-order valence-electron chi connectivity index (χ1n) is 5.25. The second-order valence-corrected chi connectivity index (χ2v) is 5.17. The molecule has 0 radical (unpaired) electrons. The zero-order valence-electron chi connectivity index (χ0n) is 9.86. The van der Waals surface area contributed by atoms with Crippen molar-refractivity contribution in [1.82, 2.24) is 0 Å². The van der Waals surface area contributed by atoms with Gasteiger partial charge in [0.05, 0.1) is 6.10 Å². The molecule has 84 valence electrons. The fraction of sp³-hybridized carbons (Fsp3) is 0.538. The highest BCUT2D eigenvalue weighted by Gasteiger charge is 2.29. The van der Waals surface area contributed by atoms with E-state index >= 15 is 0 Å². The van der Waals surface area contributed by atoms with Gasteiger partial charge in [-0.15, -0.1) is 0 Å². The van der Waals surface area contributed by atoms with E-state index in [-0.39, 0.29) is 5.41 Å². The first-order chi connectivity index (χ1) is 6.82. The van der Waals surface area contributed by atoms with Gasteiger partial charge in [0.25, 0.3) is 0 Å². The molecule has 0 aliphatic heterocycles. The molecule has 0 bridgehead atoms. The van der Waals surface area contributed by atoms with Gasteiger partial charge in [0.1, 0.15) is 6.10 Å². The molecule has 0 aromatic heterocycles. The zero-order chi connectivity index (χ0) is 11.6. The van der Waals surface area contributed by atoms with Gasteiger partial charge in [-0.05, 0) is 17.9 Å². The smallest absolute Gasteiger partial charge is 0.105 e. The molecule has 0 saturated carbocycles. The second-order valence-electron chi connectivity index (χ2n) is 5.17. The molecule has 0 aliphatic carbocycles. The van der Waals surface area contributed by atoms with Crippen LogP contribution in [0, 0.1) is 12.3 Å². The minimum Gasteiger partial charge on any atom is -0.390 e. The summed E-state index contributed by atoms with van der Waals surface area (Å²) >= 11 is 0. The SMILES string of the molecule is Cc1cccc(C(O)C(O)C(C)(C)C)c1. The van der Waals surface area contributed by atoms with Gasteiger partial charge >= 0.3 is 0 Å². The average molecular weight is 208 g/mol. The fourth-order valence-corrected chi connectivity index (χ4v) is 1.51. The minimum atomic E-state index is -0.815. The molecule has 2 N–H and O–H groups in total. The van der Waals surface area contributed by atoms with Crippen LogP contribution in [0.2, 0.25) is 0 Å². The maximum absolute atomic E-state index is 10.00. The molecule has 0 fully saturated rings. The number of hydrogen-bond acceptors (Lipinski definition) is 2. The predicted octanol–water partition coefficient (Wildman–Crippen LogP) is 2.44. The van der Waals surface area contributed by atoms with E-state index in [4.69, 9.17) is 0 Å². The average Bonchev–Trinajstić information content (AvgIpc) is 2.14. The Labute approximate surface area is 91.6 Å². The summed E-state index contributed by atoms with van der Waals surface area (Å²) in [6.45, 7) is 7.71. The fourth-order valence-electron chi connectivity index (χ4n) is 1.51. The van der Waals surface area contributed by atoms with Crippen molar-refractivity contribution in [2.45, 2.75) is 39.9 Å². The van der Waals surface area contributed by atoms with Gasteiger partial charge in [-0.3, -0.25) is 0 Å². The van der Waals surface area contributed by atoms with Crippen LogP contribution in [0.25, 0.3) is 0 Å². The first kappa shape index (κ1) is 12.2. The van der Waals surface area contributed by atoms with E-state index in [0.717, 1.165) is 11.1 Å². The van der Waals surface area contributed by atoms with Crippen molar-refractivity contribution >= 4 is 0 Å². The van der Waals surface area contributed by atoms with Gasteiger partial charge in [0.15, 0.2) is 0 Å². The lowest BCUT2D eigenvalue weighted by molar-refractivity contribution is -0.0458. The Balaban J connectivity index is 2.90. The summed E-state index contributed by atoms with van der Waals surface area (Å²) < 4.78 is 0. The van der Waals surface area contributed by atoms with E-state index in [1.807, 2.05) is 52.0 Å². The molecular weight excluding hydrogens is 188 g/mol. The van der Waals surface area contributed by atoms with Crippen molar-refractivity contribution in [1.29, 1.82) is 0 Å². The summed E-state index contributed by atoms with van der Waals surface area (Å²) in [6.07, 6.45) is -1.57. The van der Waals surface area contributed by atoms with E-state index < -0.39 is 12.2 Å². The molecule has 15 heavy (non-hydrogen) atoms. The van der Waals surface area contributed by atoms with Crippen LogP contribution in [0.4, 0.5) is 0 Å². The van der Waals surface area contributed by atoms with Crippen LogP contribution in [-0.4, -0.2) is 16.3 Å². The highest BCUT2D eigenvalue weighted by Crippen LogP contribution is 2.30. The van der Waals surface area contributed by atoms with E-state index in [2.05, 4.69) is 0 Å². The largest absolute Gasteiger partial charge is 0.390 e. The second kappa shape index (κ2) is 4.33. The Hall–Kier alpha value is -0.860. The summed E-state index contributed by atoms with van der Waals surface area (Å²) in [6, 6.07) is 7.61. The van der Waals surface area contributed by atoms with Gasteiger partial charge in [0.2, 0.25) is 0 Å². The summed E-state index contributed by atoms with van der Waals surface area (Å²) in [5.74, 6) is 0. The standard InChI is InChI=1S/C13H20O2/c1-9-6-5-7-10(8-9)11(14)12(15)13(2,3)4/h5-8,11-12,14-15H,1-4H3. The van der Waals surface area contributed by atoms with Gasteiger partial charge in [-0.1, -0.05) is 50.6 Å². The highest BCUT2D eigenvalue weighted by atomic mass is 16.3. The molecule has 1 aromatic rings. The summed E-state index contributed by atoms with van der Waals surface area (Å²) in [4.78, 5) is 0. The number of aliphatic hydroxyl groups excluding tert-OH is 2. The van der Waals surface area contributed by atoms with Gasteiger partial charge in [0, 0.05) is 0 Å². The number of benzene rings is 1. The molecule has 2 atom stereocenters. The van der Waals surface area contributed by atoms with Crippen LogP contribution in [0.15, 0.2) is 24.3 Å². The summed E-state index contributed by atoms with van der Waals surface area (Å²) in [5.41, 5.74) is 1.55. The third-order valence-corrected chi connectivity index (χ3v) is 2.57. The molecule has 0 aliphatic rings. The summed E-state index contributed by atoms with van der Waals surface area (Å²) in [5, 5.41) is 19.9. The van der Waals surface area contributed by atoms with Crippen LogP contribution < -0.4 is 0 Å². The van der Waals surface area contributed by atoms with Crippen LogP contribution in [0.1, 0.15) is 38.0 Å². The lowest BCUT2D eigenvalue weighted by Crippen LogP contribution is -2.32. The Morgan fingerprint density at radius 3 is 2.20 bits per heavy atom. The molecule has 0 spiro atoms. The molecular formula is C13H20O2. The molecule has 2 heteroatoms. The van der Waals surface area contributed by atoms with E-state index in [1.165, 1.54) is 0 Å². The molecule has 0 heterocycles. The number of hydrogen-bond donors (Lipinski definition) is 2. The van der Waals surface area contributed by atoms with Crippen LogP contribution in [0.5, 0.6) is 0 Å². The van der Waals surface area contributed by atoms with Crippen molar-refractivity contribution in [3.05, 3.63) is 35.4 Å². The predicted molar refractivity (Wildman–Crippen MR) is 61.6 cm³/mol. The molecule has 2 unspecified atom stereocenters. The Morgan fingerprint density at radius 1 is 1.13 bits per heavy atom. The zero-order valence-corrected chi connectivity index (χ0v) is 9.86. The molecule has 2 nitrogen and oxygen atoms in total. The number of aliphatic hydroxyl groups is 2. The van der Waals surface area contributed by atoms with Crippen LogP contribution in [-0.2, 0) is 0 Å². The Kier molecular flexibility index (Phi) is 3.53. The first-order valence-corrected chi connectivity index (χ1v) is 5.25. The Morgan fingerprint density at radius 2 is 1.73 bits per heavy atom. The normalized spacial score (nSPS) is 16.1. The highest BCUT2D eigenvalue weighted by molar-refractivity contribution is 5.25. The maximum Gasteiger partial charge on any atom is 0.105 e. The van der Waals surface area contributed by atoms with Crippen LogP contribution >= 0.6 is 0 Å². The third-order valence-electron chi connectivity index (χ3n) is 2.57. The molecule has 0 amide bonds. The molecule has 1 rings (SSSR count). The van der Waals surface area contributed by atoms with Crippen molar-refractivity contribution in [2.75, 3.05) is 0 Å². The number of rotatable bonds is 2. The third kappa shape index (κ3) is 3.05. The van der Waals surface area contributed by atoms with Gasteiger partial charge in [-0.2, -0.15) is 0 Å². The lowest BCUT2D eigenvalue weighted by atomic mass is 9.83. The van der Waals surface area contributed by atoms with E-state index in [1.54, 1.807) is 0 Å². The van der Waals surface area contributed by atoms with E-state index in [0.29, 0.717) is 0 Å². The monoisotopic (exact) mass is 208 g/mol. The van der Waals surface area contributed by atoms with Crippen molar-refractivity contribution < 1.29 is 10.2 Å². The minimum absolute atomic E-state index is 0.316. The molecule has 0 saturated heterocycles. The van der Waals surface area contributed by atoms with Crippen molar-refractivity contribution in [3.8, 4) is 0 Å². The quantitative estimate of drug-likeness (QED) is 0.783. The maximum atomic E-state index is 10.00. The van der Waals surface area contributed by atoms with Crippen LogP contribution in [0.3, 0.4) is 0 Å². The molecule has 1 aromatic carbocycles. The lowest BCUT2D eigenvalue weighted by Gasteiger charge is -2.30. The Bertz CT molecular complexity index is 326. The van der Waals surface area contributed by atoms with Gasteiger partial charge in [-0.25, -0.2) is 0 Å².